The number of hydrogen-bond donors (Lipinski definition) is 1. The van der Waals surface area contributed by atoms with Crippen LogP contribution in [0.15, 0.2) is 0 Å². The third kappa shape index (κ3) is 1.74. The Morgan fingerprint density at radius 2 is 1.91 bits per heavy atom. The van der Waals surface area contributed by atoms with Crippen LogP contribution in [-0.2, 0) is 0 Å². The van der Waals surface area contributed by atoms with Crippen LogP contribution in [0.25, 0.3) is 0 Å². The summed E-state index contributed by atoms with van der Waals surface area (Å²) >= 11 is 0. The molecule has 0 aromatic heterocycles. The predicted molar refractivity (Wildman–Crippen MR) is 48.8 cm³/mol. The molecule has 2 heteroatoms. The monoisotopic (exact) mass is 156 g/mol. The van der Waals surface area contributed by atoms with Gasteiger partial charge in [-0.1, -0.05) is 13.8 Å². The molecule has 1 N–H and O–H groups in total. The van der Waals surface area contributed by atoms with Crippen molar-refractivity contribution in [1.82, 2.24) is 10.2 Å². The zero-order chi connectivity index (χ0) is 8.32. The third-order valence-electron chi connectivity index (χ3n) is 2.48. The van der Waals surface area contributed by atoms with Gasteiger partial charge in [-0.2, -0.15) is 0 Å². The van der Waals surface area contributed by atoms with E-state index < -0.39 is 0 Å². The standard InChI is InChI=1S/C7H14N2.C2H6/c1-9-5-7(6-9)3-2-4-8-7;1-2/h8H,2-6H2,1H3;1-2H3. The Morgan fingerprint density at radius 1 is 1.27 bits per heavy atom. The number of nitrogens with one attached hydrogen (secondary N) is 1. The lowest BCUT2D eigenvalue weighted by molar-refractivity contribution is 0.0824. The van der Waals surface area contributed by atoms with E-state index in [2.05, 4.69) is 17.3 Å². The highest BCUT2D eigenvalue weighted by Crippen LogP contribution is 2.27. The Hall–Kier alpha value is -0.0800. The van der Waals surface area contributed by atoms with Crippen LogP contribution in [0.2, 0.25) is 0 Å². The van der Waals surface area contributed by atoms with Gasteiger partial charge >= 0.3 is 0 Å². The fourth-order valence-electron chi connectivity index (χ4n) is 2.13. The molecule has 0 radical (unpaired) electrons. The third-order valence-corrected chi connectivity index (χ3v) is 2.48. The van der Waals surface area contributed by atoms with Gasteiger partial charge in [-0.3, -0.25) is 0 Å². The lowest BCUT2D eigenvalue weighted by Gasteiger charge is -2.46. The molecule has 0 saturated carbocycles. The minimum Gasteiger partial charge on any atom is -0.309 e. The number of nitrogens with zero attached hydrogens (tertiary/aromatic N) is 1. The Labute approximate surface area is 70.0 Å². The average Bonchev–Trinajstić information content (AvgIpc) is 2.40. The summed E-state index contributed by atoms with van der Waals surface area (Å²) in [4.78, 5) is 2.37. The SMILES string of the molecule is CC.CN1CC2(CCCN2)C1. The normalized spacial score (nSPS) is 27.5. The fourth-order valence-corrected chi connectivity index (χ4v) is 2.13. The van der Waals surface area contributed by atoms with Crippen molar-refractivity contribution in [2.75, 3.05) is 26.7 Å². The largest absolute Gasteiger partial charge is 0.309 e. The van der Waals surface area contributed by atoms with Crippen molar-refractivity contribution in [1.29, 1.82) is 0 Å². The van der Waals surface area contributed by atoms with Gasteiger partial charge in [0.2, 0.25) is 0 Å². The van der Waals surface area contributed by atoms with Gasteiger partial charge in [0.25, 0.3) is 0 Å². The van der Waals surface area contributed by atoms with Crippen molar-refractivity contribution in [3.05, 3.63) is 0 Å². The van der Waals surface area contributed by atoms with Crippen molar-refractivity contribution >= 4 is 0 Å². The molecule has 0 aliphatic carbocycles. The van der Waals surface area contributed by atoms with Crippen molar-refractivity contribution in [2.45, 2.75) is 32.2 Å². The molecule has 2 fully saturated rings. The molecule has 0 atom stereocenters. The molecular weight excluding hydrogens is 136 g/mol. The summed E-state index contributed by atoms with van der Waals surface area (Å²) in [5.74, 6) is 0. The molecule has 0 unspecified atom stereocenters. The van der Waals surface area contributed by atoms with Crippen LogP contribution in [0.5, 0.6) is 0 Å². The molecule has 1 spiro atoms. The van der Waals surface area contributed by atoms with Crippen LogP contribution in [0, 0.1) is 0 Å². The van der Waals surface area contributed by atoms with E-state index >= 15 is 0 Å². The van der Waals surface area contributed by atoms with Crippen molar-refractivity contribution in [2.24, 2.45) is 0 Å². The van der Waals surface area contributed by atoms with Gasteiger partial charge in [-0.25, -0.2) is 0 Å². The summed E-state index contributed by atoms with van der Waals surface area (Å²) in [5, 5.41) is 3.56. The molecule has 2 saturated heterocycles. The van der Waals surface area contributed by atoms with Gasteiger partial charge in [-0.15, -0.1) is 0 Å². The van der Waals surface area contributed by atoms with Crippen LogP contribution in [0.3, 0.4) is 0 Å². The maximum atomic E-state index is 3.56. The summed E-state index contributed by atoms with van der Waals surface area (Å²) < 4.78 is 0. The first-order valence-electron chi connectivity index (χ1n) is 4.74. The molecule has 2 nitrogen and oxygen atoms in total. The van der Waals surface area contributed by atoms with Crippen LogP contribution in [0.4, 0.5) is 0 Å². The second-order valence-electron chi connectivity index (χ2n) is 3.48. The molecule has 2 aliphatic rings. The van der Waals surface area contributed by atoms with E-state index in [-0.39, 0.29) is 0 Å². The Bertz CT molecular complexity index is 109. The van der Waals surface area contributed by atoms with E-state index in [1.807, 2.05) is 13.8 Å². The second-order valence-corrected chi connectivity index (χ2v) is 3.48. The number of likely N-dealkylation sites (N-methyl/N-ethyl adjacent to an activating group) is 1. The van der Waals surface area contributed by atoms with Gasteiger partial charge in [0.15, 0.2) is 0 Å². The highest BCUT2D eigenvalue weighted by atomic mass is 15.3. The number of rotatable bonds is 0. The predicted octanol–water partition coefficient (Wildman–Crippen LogP) is 1.08. The Balaban J connectivity index is 0.000000281. The summed E-state index contributed by atoms with van der Waals surface area (Å²) in [7, 11) is 2.19. The summed E-state index contributed by atoms with van der Waals surface area (Å²) in [5.41, 5.74) is 0.564. The van der Waals surface area contributed by atoms with E-state index in [1.54, 1.807) is 0 Å². The molecular formula is C9H20N2. The van der Waals surface area contributed by atoms with Crippen LogP contribution >= 0.6 is 0 Å². The molecule has 0 aromatic rings. The zero-order valence-electron chi connectivity index (χ0n) is 7.98. The van der Waals surface area contributed by atoms with Crippen LogP contribution in [0.1, 0.15) is 26.7 Å². The first-order chi connectivity index (χ1) is 5.31. The maximum absolute atomic E-state index is 3.56. The van der Waals surface area contributed by atoms with E-state index in [9.17, 15) is 0 Å². The van der Waals surface area contributed by atoms with Crippen LogP contribution < -0.4 is 5.32 Å². The highest BCUT2D eigenvalue weighted by molar-refractivity contribution is 5.04. The fraction of sp³-hybridized carbons (Fsp3) is 1.00. The maximum Gasteiger partial charge on any atom is 0.0437 e. The summed E-state index contributed by atoms with van der Waals surface area (Å²) in [6, 6.07) is 0. The molecule has 66 valence electrons. The van der Waals surface area contributed by atoms with E-state index in [1.165, 1.54) is 32.5 Å². The van der Waals surface area contributed by atoms with Gasteiger partial charge in [-0.05, 0) is 26.4 Å². The van der Waals surface area contributed by atoms with Crippen LogP contribution in [-0.4, -0.2) is 37.1 Å². The van der Waals surface area contributed by atoms with Gasteiger partial charge in [0.05, 0.1) is 0 Å². The number of hydrogen-bond acceptors (Lipinski definition) is 2. The van der Waals surface area contributed by atoms with Crippen molar-refractivity contribution in [3.63, 3.8) is 0 Å². The van der Waals surface area contributed by atoms with E-state index in [0.717, 1.165) is 0 Å². The van der Waals surface area contributed by atoms with Gasteiger partial charge in [0.1, 0.15) is 0 Å². The van der Waals surface area contributed by atoms with E-state index in [0.29, 0.717) is 5.54 Å². The molecule has 0 aromatic carbocycles. The minimum absolute atomic E-state index is 0.564. The topological polar surface area (TPSA) is 15.3 Å². The Kier molecular flexibility index (Phi) is 2.90. The summed E-state index contributed by atoms with van der Waals surface area (Å²) in [6.45, 7) is 7.79. The smallest absolute Gasteiger partial charge is 0.0437 e. The molecule has 0 amide bonds. The molecule has 2 heterocycles. The molecule has 2 aliphatic heterocycles. The Morgan fingerprint density at radius 3 is 2.27 bits per heavy atom. The summed E-state index contributed by atoms with van der Waals surface area (Å²) in [6.07, 6.45) is 2.78. The molecule has 11 heavy (non-hydrogen) atoms. The molecule has 2 rings (SSSR count). The number of likely N-dealkylation sites (tertiary alicyclic amines) is 1. The highest BCUT2D eigenvalue weighted by Gasteiger charge is 2.42. The zero-order valence-corrected chi connectivity index (χ0v) is 7.98. The van der Waals surface area contributed by atoms with E-state index in [4.69, 9.17) is 0 Å². The lowest BCUT2D eigenvalue weighted by Crippen LogP contribution is -2.65. The first-order valence-corrected chi connectivity index (χ1v) is 4.74. The van der Waals surface area contributed by atoms with Gasteiger partial charge in [0, 0.05) is 18.6 Å². The lowest BCUT2D eigenvalue weighted by atomic mass is 9.89. The van der Waals surface area contributed by atoms with Crippen molar-refractivity contribution in [3.8, 4) is 0 Å². The second kappa shape index (κ2) is 3.55. The van der Waals surface area contributed by atoms with Gasteiger partial charge < -0.3 is 10.2 Å². The van der Waals surface area contributed by atoms with Crippen molar-refractivity contribution < 1.29 is 0 Å². The quantitative estimate of drug-likeness (QED) is 0.564. The first kappa shape index (κ1) is 9.01. The molecule has 0 bridgehead atoms. The minimum atomic E-state index is 0.564. The average molecular weight is 156 g/mol.